The predicted molar refractivity (Wildman–Crippen MR) is 50.1 cm³/mol. The molecule has 0 saturated heterocycles. The molecule has 0 bridgehead atoms. The summed E-state index contributed by atoms with van der Waals surface area (Å²) in [5.74, 6) is 0.715. The van der Waals surface area contributed by atoms with Gasteiger partial charge in [0, 0.05) is 5.56 Å². The van der Waals surface area contributed by atoms with E-state index in [0.717, 1.165) is 10.0 Å². The molecule has 0 aliphatic rings. The van der Waals surface area contributed by atoms with Crippen LogP contribution in [0, 0.1) is 0 Å². The van der Waals surface area contributed by atoms with Crippen LogP contribution in [-0.2, 0) is 0 Å². The molecule has 64 valence electrons. The van der Waals surface area contributed by atoms with Crippen LogP contribution < -0.4 is 4.74 Å². The summed E-state index contributed by atoms with van der Waals surface area (Å²) in [5, 5.41) is 11.2. The fourth-order valence-corrected chi connectivity index (χ4v) is 1.38. The third-order valence-corrected chi connectivity index (χ3v) is 2.26. The first-order valence-electron chi connectivity index (χ1n) is 3.29. The zero-order chi connectivity index (χ0) is 8.97. The maximum atomic E-state index is 8.32. The number of halogens is 1. The lowest BCUT2D eigenvalue weighted by Crippen LogP contribution is -1.88. The topological polar surface area (TPSA) is 41.8 Å². The maximum Gasteiger partial charge on any atom is 0.133 e. The first kappa shape index (κ1) is 9.06. The van der Waals surface area contributed by atoms with Gasteiger partial charge < -0.3 is 9.94 Å². The first-order chi connectivity index (χ1) is 5.79. The molecule has 4 heteroatoms. The molecule has 0 heterocycles. The molecule has 0 radical (unpaired) electrons. The van der Waals surface area contributed by atoms with Crippen LogP contribution >= 0.6 is 15.9 Å². The van der Waals surface area contributed by atoms with Gasteiger partial charge in [-0.05, 0) is 22.0 Å². The SMILES string of the molecule is COc1cccc(/C=N/O)c1Br. The van der Waals surface area contributed by atoms with Gasteiger partial charge in [0.1, 0.15) is 5.75 Å². The van der Waals surface area contributed by atoms with Gasteiger partial charge in [0.15, 0.2) is 0 Å². The molecule has 0 spiro atoms. The van der Waals surface area contributed by atoms with E-state index in [1.807, 2.05) is 18.2 Å². The molecule has 1 rings (SSSR count). The lowest BCUT2D eigenvalue weighted by molar-refractivity contribution is 0.322. The Hall–Kier alpha value is -1.03. The minimum Gasteiger partial charge on any atom is -0.496 e. The lowest BCUT2D eigenvalue weighted by atomic mass is 10.2. The highest BCUT2D eigenvalue weighted by Crippen LogP contribution is 2.26. The summed E-state index contributed by atoms with van der Waals surface area (Å²) in [7, 11) is 1.58. The van der Waals surface area contributed by atoms with Crippen LogP contribution in [0.5, 0.6) is 5.75 Å². The van der Waals surface area contributed by atoms with Gasteiger partial charge in [0.05, 0.1) is 17.8 Å². The highest BCUT2D eigenvalue weighted by atomic mass is 79.9. The number of hydrogen-bond acceptors (Lipinski definition) is 3. The maximum absolute atomic E-state index is 8.32. The molecule has 0 aliphatic carbocycles. The van der Waals surface area contributed by atoms with Crippen molar-refractivity contribution < 1.29 is 9.94 Å². The van der Waals surface area contributed by atoms with Gasteiger partial charge in [-0.25, -0.2) is 0 Å². The summed E-state index contributed by atoms with van der Waals surface area (Å²) in [6, 6.07) is 5.45. The van der Waals surface area contributed by atoms with Crippen LogP contribution in [0.1, 0.15) is 5.56 Å². The molecule has 12 heavy (non-hydrogen) atoms. The van der Waals surface area contributed by atoms with Crippen molar-refractivity contribution in [3.8, 4) is 5.75 Å². The minimum absolute atomic E-state index is 0.715. The second-order valence-corrected chi connectivity index (χ2v) is 2.90. The van der Waals surface area contributed by atoms with Crippen molar-refractivity contribution in [2.75, 3.05) is 7.11 Å². The normalized spacial score (nSPS) is 10.5. The summed E-state index contributed by atoms with van der Waals surface area (Å²) < 4.78 is 5.82. The summed E-state index contributed by atoms with van der Waals surface area (Å²) >= 11 is 3.32. The van der Waals surface area contributed by atoms with Crippen molar-refractivity contribution in [3.05, 3.63) is 28.2 Å². The van der Waals surface area contributed by atoms with E-state index in [2.05, 4.69) is 21.1 Å². The van der Waals surface area contributed by atoms with Crippen LogP contribution in [-0.4, -0.2) is 18.5 Å². The van der Waals surface area contributed by atoms with Crippen molar-refractivity contribution in [1.82, 2.24) is 0 Å². The highest BCUT2D eigenvalue weighted by molar-refractivity contribution is 9.10. The van der Waals surface area contributed by atoms with E-state index in [9.17, 15) is 0 Å². The second-order valence-electron chi connectivity index (χ2n) is 2.11. The van der Waals surface area contributed by atoms with Crippen molar-refractivity contribution in [2.24, 2.45) is 5.16 Å². The molecule has 0 fully saturated rings. The summed E-state index contributed by atoms with van der Waals surface area (Å²) in [4.78, 5) is 0. The van der Waals surface area contributed by atoms with E-state index in [0.29, 0.717) is 5.75 Å². The average molecular weight is 230 g/mol. The molecule has 0 saturated carbocycles. The third kappa shape index (κ3) is 1.76. The monoisotopic (exact) mass is 229 g/mol. The van der Waals surface area contributed by atoms with Crippen LogP contribution in [0.4, 0.5) is 0 Å². The number of methoxy groups -OCH3 is 1. The Balaban J connectivity index is 3.13. The molecule has 0 atom stereocenters. The Morgan fingerprint density at radius 1 is 1.58 bits per heavy atom. The van der Waals surface area contributed by atoms with Crippen molar-refractivity contribution >= 4 is 22.1 Å². The Bertz CT molecular complexity index is 299. The van der Waals surface area contributed by atoms with Gasteiger partial charge in [-0.15, -0.1) is 0 Å². The molecular formula is C8H8BrNO2. The Morgan fingerprint density at radius 3 is 2.92 bits per heavy atom. The van der Waals surface area contributed by atoms with Crippen LogP contribution in [0.25, 0.3) is 0 Å². The van der Waals surface area contributed by atoms with Gasteiger partial charge in [0.2, 0.25) is 0 Å². The average Bonchev–Trinajstić information content (AvgIpc) is 2.09. The Kier molecular flexibility index (Phi) is 3.10. The Morgan fingerprint density at radius 2 is 2.33 bits per heavy atom. The standard InChI is InChI=1S/C8H8BrNO2/c1-12-7-4-2-3-6(5-10-11)8(7)9/h2-5,11H,1H3/b10-5+. The number of ether oxygens (including phenoxy) is 1. The van der Waals surface area contributed by atoms with Crippen molar-refractivity contribution in [1.29, 1.82) is 0 Å². The number of nitrogens with zero attached hydrogens (tertiary/aromatic N) is 1. The van der Waals surface area contributed by atoms with Crippen LogP contribution in [0.15, 0.2) is 27.8 Å². The van der Waals surface area contributed by atoms with E-state index in [-0.39, 0.29) is 0 Å². The summed E-state index contributed by atoms with van der Waals surface area (Å²) in [6.07, 6.45) is 1.34. The second kappa shape index (κ2) is 4.11. The first-order valence-corrected chi connectivity index (χ1v) is 4.09. The molecular weight excluding hydrogens is 222 g/mol. The van der Waals surface area contributed by atoms with Crippen LogP contribution in [0.3, 0.4) is 0 Å². The molecule has 3 nitrogen and oxygen atoms in total. The fourth-order valence-electron chi connectivity index (χ4n) is 0.847. The molecule has 0 aliphatic heterocycles. The molecule has 0 aromatic heterocycles. The van der Waals surface area contributed by atoms with Gasteiger partial charge in [0.25, 0.3) is 0 Å². The summed E-state index contributed by atoms with van der Waals surface area (Å²) in [5.41, 5.74) is 0.775. The minimum atomic E-state index is 0.715. The van der Waals surface area contributed by atoms with Crippen molar-refractivity contribution in [2.45, 2.75) is 0 Å². The van der Waals surface area contributed by atoms with Gasteiger partial charge in [-0.2, -0.15) is 0 Å². The molecule has 0 unspecified atom stereocenters. The van der Waals surface area contributed by atoms with Gasteiger partial charge >= 0.3 is 0 Å². The van der Waals surface area contributed by atoms with E-state index in [1.54, 1.807) is 7.11 Å². The quantitative estimate of drug-likeness (QED) is 0.481. The highest BCUT2D eigenvalue weighted by Gasteiger charge is 2.02. The molecule has 1 aromatic carbocycles. The number of benzene rings is 1. The predicted octanol–water partition coefficient (Wildman–Crippen LogP) is 2.27. The smallest absolute Gasteiger partial charge is 0.133 e. The lowest BCUT2D eigenvalue weighted by Gasteiger charge is -2.03. The molecule has 1 aromatic rings. The fraction of sp³-hybridized carbons (Fsp3) is 0.125. The number of rotatable bonds is 2. The zero-order valence-electron chi connectivity index (χ0n) is 6.49. The molecule has 1 N–H and O–H groups in total. The van der Waals surface area contributed by atoms with Crippen molar-refractivity contribution in [3.63, 3.8) is 0 Å². The third-order valence-electron chi connectivity index (χ3n) is 1.41. The Labute approximate surface area is 78.8 Å². The number of hydrogen-bond donors (Lipinski definition) is 1. The van der Waals surface area contributed by atoms with E-state index in [4.69, 9.17) is 9.94 Å². The zero-order valence-corrected chi connectivity index (χ0v) is 8.08. The van der Waals surface area contributed by atoms with E-state index in [1.165, 1.54) is 6.21 Å². The van der Waals surface area contributed by atoms with Gasteiger partial charge in [-0.1, -0.05) is 17.3 Å². The molecule has 0 amide bonds. The van der Waals surface area contributed by atoms with E-state index < -0.39 is 0 Å². The van der Waals surface area contributed by atoms with Gasteiger partial charge in [-0.3, -0.25) is 0 Å². The van der Waals surface area contributed by atoms with Crippen LogP contribution in [0.2, 0.25) is 0 Å². The number of oxime groups is 1. The summed E-state index contributed by atoms with van der Waals surface area (Å²) in [6.45, 7) is 0. The van der Waals surface area contributed by atoms with E-state index >= 15 is 0 Å². The largest absolute Gasteiger partial charge is 0.496 e.